The number of aromatic amines is 1. The lowest BCUT2D eigenvalue weighted by Gasteiger charge is -2.35. The van der Waals surface area contributed by atoms with Crippen molar-refractivity contribution in [3.63, 3.8) is 0 Å². The van der Waals surface area contributed by atoms with E-state index in [2.05, 4.69) is 4.98 Å². The number of benzene rings is 2. The maximum absolute atomic E-state index is 16.0. The molecule has 6 rings (SSSR count). The van der Waals surface area contributed by atoms with Gasteiger partial charge in [0, 0.05) is 23.7 Å². The second-order valence-electron chi connectivity index (χ2n) is 18.8. The average molecular weight is 951 g/mol. The Kier molecular flexibility index (Phi) is 11.6. The predicted octanol–water partition coefficient (Wildman–Crippen LogP) is 9.73. The summed E-state index contributed by atoms with van der Waals surface area (Å²) in [7, 11) is -9.00. The zero-order valence-electron chi connectivity index (χ0n) is 34.3. The van der Waals surface area contributed by atoms with Gasteiger partial charge in [-0.05, 0) is 67.5 Å². The number of nitrogens with one attached hydrogen (secondary N) is 1. The molecule has 0 saturated carbocycles. The first-order chi connectivity index (χ1) is 26.0. The lowest BCUT2D eigenvalue weighted by atomic mass is 9.78. The third kappa shape index (κ3) is 8.89. The predicted molar refractivity (Wildman–Crippen MR) is 217 cm³/mol. The van der Waals surface area contributed by atoms with Crippen LogP contribution in [0.3, 0.4) is 0 Å². The first-order valence-corrected chi connectivity index (χ1v) is 22.6. The van der Waals surface area contributed by atoms with Crippen LogP contribution in [0.4, 0.5) is 8.78 Å². The van der Waals surface area contributed by atoms with Crippen molar-refractivity contribution in [1.29, 1.82) is 0 Å². The molecule has 1 saturated heterocycles. The van der Waals surface area contributed by atoms with Crippen molar-refractivity contribution in [3.05, 3.63) is 87.8 Å². The molecule has 5 atom stereocenters. The molecular weight excluding hydrogens is 899 g/mol. The highest BCUT2D eigenvalue weighted by Gasteiger charge is 2.49. The number of fused-ring (bicyclic) bond motifs is 2. The van der Waals surface area contributed by atoms with Crippen LogP contribution in [0.5, 0.6) is 11.5 Å². The van der Waals surface area contributed by atoms with Gasteiger partial charge in [-0.2, -0.15) is 0 Å². The molecule has 2 unspecified atom stereocenters. The highest BCUT2D eigenvalue weighted by Crippen LogP contribution is 2.61. The van der Waals surface area contributed by atoms with Gasteiger partial charge in [0.05, 0.1) is 34.5 Å². The van der Waals surface area contributed by atoms with Gasteiger partial charge >= 0.3 is 21.3 Å². The fraction of sp³-hybridized carbons (Fsp3) is 0.590. The number of rotatable bonds is 6. The van der Waals surface area contributed by atoms with Crippen LogP contribution >= 0.6 is 38.2 Å². The summed E-state index contributed by atoms with van der Waals surface area (Å²) in [6.45, 7) is 21.4. The number of aromatic nitrogens is 2. The molecule has 0 aliphatic carbocycles. The molecule has 3 aliphatic heterocycles. The van der Waals surface area contributed by atoms with Gasteiger partial charge in [0.15, 0.2) is 0 Å². The maximum Gasteiger partial charge on any atom is 0.530 e. The molecule has 1 fully saturated rings. The van der Waals surface area contributed by atoms with Crippen LogP contribution < -0.4 is 20.3 Å². The van der Waals surface area contributed by atoms with Crippen molar-refractivity contribution < 1.29 is 49.8 Å². The number of phosphoric ester groups is 2. The molecule has 4 heterocycles. The standard InChI is InChI=1S/C39H51F2IN2O11P2/c1-36(2,3)22-13-24(38(7,8)9)32-20(30(22)40)17-49-56(47,54-32)51-19-28-27(15-29(52-28)44-16-26(42)34(45)43-35(44)46)53-57(48)50-18-21-31(41)23(37(4,5)6)14-25(33(21)55-57)39(10,11)12/h13-14,16,27-29H,15,17-19H2,1-12H3,(H,43,45,46)/t27-,28+,29+,56?,57?/m0/s1. The number of phosphoric acid groups is 2. The third-order valence-corrected chi connectivity index (χ3v) is 13.5. The Bertz CT molecular complexity index is 2320. The molecule has 1 N–H and O–H groups in total. The van der Waals surface area contributed by atoms with Crippen molar-refractivity contribution in [2.45, 2.75) is 143 Å². The summed E-state index contributed by atoms with van der Waals surface area (Å²) in [6.07, 6.45) is -2.38. The second kappa shape index (κ2) is 14.9. The quantitative estimate of drug-likeness (QED) is 0.186. The van der Waals surface area contributed by atoms with Crippen molar-refractivity contribution >= 4 is 38.2 Å². The topological polar surface area (TPSA) is 154 Å². The van der Waals surface area contributed by atoms with E-state index >= 15 is 8.78 Å². The number of hydrogen-bond donors (Lipinski definition) is 1. The SMILES string of the molecule is CC(C)(C)c1cc(C(C)(C)C)c2c(c1F)COP(=O)(OC[C@H]1O[C@@H](n3cc(I)c(=O)[nH]c3=O)C[C@@H]1OP1(=O)OCc3c(F)c(C(C)(C)C)cc(C(C)(C)C)c3O1)O2. The van der Waals surface area contributed by atoms with Gasteiger partial charge in [0.1, 0.15) is 41.6 Å². The van der Waals surface area contributed by atoms with Gasteiger partial charge in [-0.15, -0.1) is 0 Å². The Morgan fingerprint density at radius 3 is 1.70 bits per heavy atom. The highest BCUT2D eigenvalue weighted by molar-refractivity contribution is 14.1. The van der Waals surface area contributed by atoms with Crippen LogP contribution in [0.2, 0.25) is 0 Å². The molecule has 0 radical (unpaired) electrons. The fourth-order valence-electron chi connectivity index (χ4n) is 6.88. The van der Waals surface area contributed by atoms with Crippen LogP contribution in [0.25, 0.3) is 0 Å². The first kappa shape index (κ1) is 44.1. The minimum atomic E-state index is -4.54. The van der Waals surface area contributed by atoms with Crippen molar-refractivity contribution in [2.24, 2.45) is 0 Å². The zero-order valence-corrected chi connectivity index (χ0v) is 38.2. The van der Waals surface area contributed by atoms with Gasteiger partial charge in [0.25, 0.3) is 5.56 Å². The van der Waals surface area contributed by atoms with Gasteiger partial charge in [-0.25, -0.2) is 22.7 Å². The third-order valence-electron chi connectivity index (χ3n) is 10.1. The van der Waals surface area contributed by atoms with Crippen LogP contribution in [0, 0.1) is 15.2 Å². The van der Waals surface area contributed by atoms with Gasteiger partial charge in [-0.1, -0.05) is 83.1 Å². The summed E-state index contributed by atoms with van der Waals surface area (Å²) in [5.74, 6) is -0.974. The molecular formula is C39H51F2IN2O11P2. The second-order valence-corrected chi connectivity index (χ2v) is 23.1. The zero-order chi connectivity index (χ0) is 42.4. The molecule has 3 aliphatic rings. The number of ether oxygens (including phenoxy) is 1. The van der Waals surface area contributed by atoms with Gasteiger partial charge < -0.3 is 13.8 Å². The Balaban J connectivity index is 1.32. The summed E-state index contributed by atoms with van der Waals surface area (Å²) in [4.78, 5) is 27.3. The summed E-state index contributed by atoms with van der Waals surface area (Å²) < 4.78 is 103. The summed E-state index contributed by atoms with van der Waals surface area (Å²) in [6, 6.07) is 3.42. The van der Waals surface area contributed by atoms with Gasteiger partial charge in [-0.3, -0.25) is 32.4 Å². The molecule has 1 aromatic heterocycles. The highest BCUT2D eigenvalue weighted by atomic mass is 127. The fourth-order valence-corrected chi connectivity index (χ4v) is 9.98. The molecule has 0 spiro atoms. The molecule has 3 aromatic rings. The van der Waals surface area contributed by atoms with E-state index in [9.17, 15) is 18.7 Å². The number of hydrogen-bond acceptors (Lipinski definition) is 11. The van der Waals surface area contributed by atoms with E-state index in [1.54, 1.807) is 34.7 Å². The van der Waals surface area contributed by atoms with E-state index < -0.39 is 98.4 Å². The molecule has 57 heavy (non-hydrogen) atoms. The molecule has 0 amide bonds. The summed E-state index contributed by atoms with van der Waals surface area (Å²) >= 11 is 1.77. The average Bonchev–Trinajstić information content (AvgIpc) is 3.44. The van der Waals surface area contributed by atoms with Crippen LogP contribution in [0.1, 0.15) is 129 Å². The molecule has 18 heteroatoms. The monoisotopic (exact) mass is 950 g/mol. The Morgan fingerprint density at radius 1 is 0.772 bits per heavy atom. The molecule has 13 nitrogen and oxygen atoms in total. The maximum atomic E-state index is 16.0. The van der Waals surface area contributed by atoms with E-state index in [0.29, 0.717) is 22.3 Å². The van der Waals surface area contributed by atoms with Crippen molar-refractivity contribution in [3.8, 4) is 11.5 Å². The largest absolute Gasteiger partial charge is 0.530 e. The van der Waals surface area contributed by atoms with Crippen molar-refractivity contribution in [1.82, 2.24) is 9.55 Å². The minimum absolute atomic E-state index is 0.0425. The van der Waals surface area contributed by atoms with Crippen LogP contribution in [-0.2, 0) is 66.8 Å². The lowest BCUT2D eigenvalue weighted by Crippen LogP contribution is -2.33. The van der Waals surface area contributed by atoms with E-state index in [0.717, 1.165) is 4.57 Å². The number of H-pyrrole nitrogens is 1. The summed E-state index contributed by atoms with van der Waals surface area (Å²) in [5.41, 5.74) is -1.34. The molecule has 0 bridgehead atoms. The van der Waals surface area contributed by atoms with Crippen molar-refractivity contribution in [2.75, 3.05) is 6.61 Å². The Morgan fingerprint density at radius 2 is 1.23 bits per heavy atom. The minimum Gasteiger partial charge on any atom is -0.403 e. The molecule has 314 valence electrons. The normalized spacial score (nSPS) is 25.4. The van der Waals surface area contributed by atoms with E-state index in [1.807, 2.05) is 83.1 Å². The Labute approximate surface area is 344 Å². The van der Waals surface area contributed by atoms with Crippen LogP contribution in [-0.4, -0.2) is 28.4 Å². The number of halogens is 3. The Hall–Kier alpha value is -2.43. The van der Waals surface area contributed by atoms with Gasteiger partial charge in [0.2, 0.25) is 0 Å². The first-order valence-electron chi connectivity index (χ1n) is 18.6. The van der Waals surface area contributed by atoms with E-state index in [-0.39, 0.29) is 32.6 Å². The lowest BCUT2D eigenvalue weighted by molar-refractivity contribution is -0.0477. The summed E-state index contributed by atoms with van der Waals surface area (Å²) in [5, 5.41) is 0. The van der Waals surface area contributed by atoms with E-state index in [4.69, 9.17) is 31.9 Å². The van der Waals surface area contributed by atoms with E-state index in [1.165, 1.54) is 6.20 Å². The smallest absolute Gasteiger partial charge is 0.403 e. The number of nitrogens with zero attached hydrogens (tertiary/aromatic N) is 1. The van der Waals surface area contributed by atoms with Crippen LogP contribution in [0.15, 0.2) is 27.9 Å². The molecule has 2 aromatic carbocycles.